The Morgan fingerprint density at radius 1 is 1.35 bits per heavy atom. The molecule has 0 aromatic rings. The van der Waals surface area contributed by atoms with Gasteiger partial charge in [-0.2, -0.15) is 0 Å². The summed E-state index contributed by atoms with van der Waals surface area (Å²) in [5.41, 5.74) is -1.47. The Balaban J connectivity index is 2.32. The SMILES string of the molecule is C=CC(C)(CCC1(O)C(C)CCC2C(C)(C)C(Br)CCC21C)OC(C)=O. The molecule has 6 unspecified atom stereocenters. The molecule has 0 aliphatic heterocycles. The Labute approximate surface area is 168 Å². The van der Waals surface area contributed by atoms with Crippen molar-refractivity contribution in [2.24, 2.45) is 22.7 Å². The highest BCUT2D eigenvalue weighted by molar-refractivity contribution is 9.09. The minimum Gasteiger partial charge on any atom is -0.455 e. The number of carbonyl (C=O) groups excluding carboxylic acids is 1. The van der Waals surface area contributed by atoms with Crippen LogP contribution in [-0.4, -0.2) is 27.1 Å². The smallest absolute Gasteiger partial charge is 0.303 e. The first kappa shape index (κ1) is 21.9. The third-order valence-electron chi connectivity index (χ3n) is 7.90. The third-order valence-corrected chi connectivity index (χ3v) is 9.53. The van der Waals surface area contributed by atoms with Gasteiger partial charge in [-0.25, -0.2) is 0 Å². The number of fused-ring (bicyclic) bond motifs is 1. The van der Waals surface area contributed by atoms with Crippen LogP contribution in [0, 0.1) is 22.7 Å². The Bertz CT molecular complexity index is 560. The fourth-order valence-corrected chi connectivity index (χ4v) is 6.48. The van der Waals surface area contributed by atoms with Gasteiger partial charge in [-0.3, -0.25) is 4.79 Å². The highest BCUT2D eigenvalue weighted by atomic mass is 79.9. The van der Waals surface area contributed by atoms with Gasteiger partial charge >= 0.3 is 5.97 Å². The molecule has 2 rings (SSSR count). The maximum absolute atomic E-state index is 12.0. The van der Waals surface area contributed by atoms with Crippen molar-refractivity contribution in [3.8, 4) is 0 Å². The molecule has 2 saturated carbocycles. The topological polar surface area (TPSA) is 46.5 Å². The van der Waals surface area contributed by atoms with Crippen molar-refractivity contribution in [1.29, 1.82) is 0 Å². The second-order valence-electron chi connectivity index (χ2n) is 9.81. The molecule has 0 bridgehead atoms. The van der Waals surface area contributed by atoms with Gasteiger partial charge in [0.1, 0.15) is 5.60 Å². The van der Waals surface area contributed by atoms with Crippen LogP contribution < -0.4 is 0 Å². The van der Waals surface area contributed by atoms with E-state index < -0.39 is 11.2 Å². The predicted octanol–water partition coefficient (Wildman–Crippen LogP) is 5.64. The van der Waals surface area contributed by atoms with Crippen LogP contribution in [-0.2, 0) is 9.53 Å². The van der Waals surface area contributed by atoms with Crippen molar-refractivity contribution in [2.45, 2.75) is 96.1 Å². The monoisotopic (exact) mass is 428 g/mol. The summed E-state index contributed by atoms with van der Waals surface area (Å²) in [6.07, 6.45) is 7.23. The zero-order chi connectivity index (χ0) is 20.0. The molecule has 4 heteroatoms. The molecule has 0 spiro atoms. The fraction of sp³-hybridized carbons (Fsp3) is 0.864. The summed E-state index contributed by atoms with van der Waals surface area (Å²) in [6, 6.07) is 0. The van der Waals surface area contributed by atoms with Gasteiger partial charge in [0, 0.05) is 11.8 Å². The Morgan fingerprint density at radius 2 is 1.96 bits per heavy atom. The lowest BCUT2D eigenvalue weighted by molar-refractivity contribution is -0.214. The second-order valence-corrected chi connectivity index (χ2v) is 10.9. The predicted molar refractivity (Wildman–Crippen MR) is 110 cm³/mol. The third kappa shape index (κ3) is 3.53. The molecule has 0 heterocycles. The molecule has 26 heavy (non-hydrogen) atoms. The number of hydrogen-bond acceptors (Lipinski definition) is 3. The van der Waals surface area contributed by atoms with Crippen molar-refractivity contribution in [3.05, 3.63) is 12.7 Å². The number of hydrogen-bond donors (Lipinski definition) is 1. The first-order chi connectivity index (χ1) is 11.8. The Kier molecular flexibility index (Phi) is 6.11. The van der Waals surface area contributed by atoms with Crippen LogP contribution in [0.15, 0.2) is 12.7 Å². The number of rotatable bonds is 5. The number of halogens is 1. The van der Waals surface area contributed by atoms with E-state index in [-0.39, 0.29) is 22.7 Å². The van der Waals surface area contributed by atoms with E-state index in [0.29, 0.717) is 23.6 Å². The summed E-state index contributed by atoms with van der Waals surface area (Å²) in [7, 11) is 0. The van der Waals surface area contributed by atoms with Gasteiger partial charge in [-0.05, 0) is 74.2 Å². The van der Waals surface area contributed by atoms with Crippen molar-refractivity contribution in [1.82, 2.24) is 0 Å². The van der Waals surface area contributed by atoms with Crippen LogP contribution in [0.25, 0.3) is 0 Å². The van der Waals surface area contributed by atoms with Gasteiger partial charge in [-0.15, -0.1) is 0 Å². The Hall–Kier alpha value is -0.350. The molecule has 0 amide bonds. The highest BCUT2D eigenvalue weighted by Gasteiger charge is 2.62. The van der Waals surface area contributed by atoms with Gasteiger partial charge in [0.15, 0.2) is 0 Å². The first-order valence-electron chi connectivity index (χ1n) is 10.0. The van der Waals surface area contributed by atoms with Crippen LogP contribution in [0.5, 0.6) is 0 Å². The average Bonchev–Trinajstić information content (AvgIpc) is 2.54. The van der Waals surface area contributed by atoms with E-state index in [1.807, 2.05) is 6.92 Å². The highest BCUT2D eigenvalue weighted by Crippen LogP contribution is 2.64. The van der Waals surface area contributed by atoms with Crippen LogP contribution in [0.1, 0.15) is 80.1 Å². The molecule has 0 radical (unpaired) electrons. The molecule has 6 atom stereocenters. The number of esters is 1. The second kappa shape index (κ2) is 7.24. The molecular weight excluding hydrogens is 392 g/mol. The van der Waals surface area contributed by atoms with Crippen molar-refractivity contribution < 1.29 is 14.6 Å². The molecular formula is C22H37BrO3. The minimum absolute atomic E-state index is 0.128. The van der Waals surface area contributed by atoms with Crippen LogP contribution in [0.2, 0.25) is 0 Å². The zero-order valence-corrected chi connectivity index (χ0v) is 19.0. The molecule has 2 aliphatic carbocycles. The molecule has 0 aromatic carbocycles. The summed E-state index contributed by atoms with van der Waals surface area (Å²) in [4.78, 5) is 12.0. The fourth-order valence-electron chi connectivity index (χ4n) is 5.93. The summed E-state index contributed by atoms with van der Waals surface area (Å²) in [5, 5.41) is 12.0. The average molecular weight is 429 g/mol. The summed E-state index contributed by atoms with van der Waals surface area (Å²) in [5.74, 6) is 0.400. The number of aliphatic hydroxyl groups is 1. The molecule has 3 nitrogen and oxygen atoms in total. The summed E-state index contributed by atoms with van der Waals surface area (Å²) in [6.45, 7) is 16.3. The van der Waals surface area contributed by atoms with E-state index in [4.69, 9.17) is 4.74 Å². The number of carbonyl (C=O) groups is 1. The molecule has 0 saturated heterocycles. The lowest BCUT2D eigenvalue weighted by atomic mass is 9.44. The van der Waals surface area contributed by atoms with E-state index in [9.17, 15) is 9.90 Å². The van der Waals surface area contributed by atoms with Gasteiger partial charge < -0.3 is 9.84 Å². The standard InChI is InChI=1S/C22H37BrO3/c1-8-20(6,26-16(3)24)13-14-22(25)15(2)9-10-17-19(4,5)18(23)11-12-21(17,22)7/h8,15,17-18,25H,1,9-14H2,2-7H3. The van der Waals surface area contributed by atoms with Gasteiger partial charge in [0.05, 0.1) is 5.60 Å². The van der Waals surface area contributed by atoms with Gasteiger partial charge in [0.25, 0.3) is 0 Å². The summed E-state index contributed by atoms with van der Waals surface area (Å²) >= 11 is 3.91. The minimum atomic E-state index is -0.759. The normalized spacial score (nSPS) is 41.6. The quantitative estimate of drug-likeness (QED) is 0.349. The van der Waals surface area contributed by atoms with E-state index in [0.717, 1.165) is 25.7 Å². The van der Waals surface area contributed by atoms with Gasteiger partial charge in [-0.1, -0.05) is 50.2 Å². The summed E-state index contributed by atoms with van der Waals surface area (Å²) < 4.78 is 5.51. The lowest BCUT2D eigenvalue weighted by Crippen LogP contribution is -2.64. The number of alkyl halides is 1. The van der Waals surface area contributed by atoms with E-state index in [1.54, 1.807) is 6.08 Å². The molecule has 0 aromatic heterocycles. The first-order valence-corrected chi connectivity index (χ1v) is 10.9. The molecule has 1 N–H and O–H groups in total. The maximum atomic E-state index is 12.0. The van der Waals surface area contributed by atoms with Gasteiger partial charge in [0.2, 0.25) is 0 Å². The van der Waals surface area contributed by atoms with Crippen LogP contribution in [0.4, 0.5) is 0 Å². The van der Waals surface area contributed by atoms with Crippen LogP contribution in [0.3, 0.4) is 0 Å². The van der Waals surface area contributed by atoms with Crippen molar-refractivity contribution in [3.63, 3.8) is 0 Å². The van der Waals surface area contributed by atoms with E-state index in [2.05, 4.69) is 50.2 Å². The van der Waals surface area contributed by atoms with E-state index in [1.165, 1.54) is 6.92 Å². The number of ether oxygens (including phenoxy) is 1. The van der Waals surface area contributed by atoms with Crippen molar-refractivity contribution >= 4 is 21.9 Å². The Morgan fingerprint density at radius 3 is 2.50 bits per heavy atom. The largest absolute Gasteiger partial charge is 0.455 e. The lowest BCUT2D eigenvalue weighted by Gasteiger charge is -2.64. The van der Waals surface area contributed by atoms with Crippen LogP contribution >= 0.6 is 15.9 Å². The molecule has 150 valence electrons. The maximum Gasteiger partial charge on any atom is 0.303 e. The molecule has 2 fully saturated rings. The van der Waals surface area contributed by atoms with Crippen molar-refractivity contribution in [2.75, 3.05) is 0 Å². The molecule has 2 aliphatic rings. The zero-order valence-electron chi connectivity index (χ0n) is 17.4. The van der Waals surface area contributed by atoms with E-state index >= 15 is 0 Å².